The summed E-state index contributed by atoms with van der Waals surface area (Å²) in [6.45, 7) is 5.08. The fraction of sp³-hybridized carbons (Fsp3) is 0.545. The summed E-state index contributed by atoms with van der Waals surface area (Å²) in [6.07, 6.45) is 4.48. The van der Waals surface area contributed by atoms with Gasteiger partial charge in [-0.15, -0.1) is 0 Å². The van der Waals surface area contributed by atoms with Crippen molar-refractivity contribution in [2.24, 2.45) is 5.92 Å². The molecule has 1 aromatic heterocycles. The van der Waals surface area contributed by atoms with Crippen LogP contribution < -0.4 is 9.80 Å². The van der Waals surface area contributed by atoms with Crippen LogP contribution in [0.2, 0.25) is 0 Å². The van der Waals surface area contributed by atoms with E-state index >= 15 is 0 Å². The van der Waals surface area contributed by atoms with E-state index < -0.39 is 0 Å². The predicted octanol–water partition coefficient (Wildman–Crippen LogP) is 1.96. The summed E-state index contributed by atoms with van der Waals surface area (Å²) in [4.78, 5) is 26.5. The van der Waals surface area contributed by atoms with Gasteiger partial charge in [-0.25, -0.2) is 9.97 Å². The van der Waals surface area contributed by atoms with Crippen molar-refractivity contribution in [3.05, 3.63) is 52.3 Å². The number of β-amino-alcohol motifs (C(OH)–C–C–N with tert-alkyl or cyclic N) is 1. The first kappa shape index (κ1) is 21.5. The maximum Gasteiger partial charge on any atom is 0.353 e. The van der Waals surface area contributed by atoms with Gasteiger partial charge in [0.1, 0.15) is 6.33 Å². The number of aliphatic hydroxyl groups is 1. The second-order valence-electron chi connectivity index (χ2n) is 8.30. The van der Waals surface area contributed by atoms with Crippen molar-refractivity contribution < 1.29 is 10.0 Å². The highest BCUT2D eigenvalue weighted by atomic mass is 16.6. The van der Waals surface area contributed by atoms with Gasteiger partial charge in [0.05, 0.1) is 11.5 Å². The Morgan fingerprint density at radius 1 is 0.968 bits per heavy atom. The minimum absolute atomic E-state index is 0.0135. The number of benzene rings is 1. The maximum atomic E-state index is 12.0. The van der Waals surface area contributed by atoms with Crippen LogP contribution in [0.15, 0.2) is 36.7 Å². The fourth-order valence-electron chi connectivity index (χ4n) is 4.61. The summed E-state index contributed by atoms with van der Waals surface area (Å²) in [5.74, 6) is 1.43. The van der Waals surface area contributed by atoms with Gasteiger partial charge in [0.15, 0.2) is 0 Å². The van der Waals surface area contributed by atoms with Crippen LogP contribution >= 0.6 is 0 Å². The maximum absolute atomic E-state index is 12.0. The molecule has 0 saturated carbocycles. The van der Waals surface area contributed by atoms with Crippen LogP contribution in [0.1, 0.15) is 18.4 Å². The average molecular weight is 427 g/mol. The zero-order valence-corrected chi connectivity index (χ0v) is 17.8. The van der Waals surface area contributed by atoms with Gasteiger partial charge in [-0.2, -0.15) is 0 Å². The Morgan fingerprint density at radius 3 is 2.16 bits per heavy atom. The van der Waals surface area contributed by atoms with E-state index in [9.17, 15) is 10.1 Å². The van der Waals surface area contributed by atoms with Gasteiger partial charge in [0.25, 0.3) is 0 Å². The highest BCUT2D eigenvalue weighted by molar-refractivity contribution is 5.71. The van der Waals surface area contributed by atoms with E-state index in [1.807, 2.05) is 15.9 Å². The molecule has 2 fully saturated rings. The van der Waals surface area contributed by atoms with E-state index in [-0.39, 0.29) is 17.2 Å². The lowest BCUT2D eigenvalue weighted by Gasteiger charge is -2.36. The lowest BCUT2D eigenvalue weighted by atomic mass is 9.90. The largest absolute Gasteiger partial charge is 0.395 e. The predicted molar refractivity (Wildman–Crippen MR) is 120 cm³/mol. The number of aromatic nitrogens is 2. The molecule has 4 rings (SSSR count). The second kappa shape index (κ2) is 10.0. The number of piperidine rings is 1. The summed E-state index contributed by atoms with van der Waals surface area (Å²) in [6, 6.07) is 10.5. The van der Waals surface area contributed by atoms with E-state index in [2.05, 4.69) is 39.1 Å². The van der Waals surface area contributed by atoms with Crippen LogP contribution in [0.5, 0.6) is 0 Å². The first-order chi connectivity index (χ1) is 15.2. The Morgan fingerprint density at radius 2 is 1.58 bits per heavy atom. The molecular weight excluding hydrogens is 396 g/mol. The fourth-order valence-corrected chi connectivity index (χ4v) is 4.61. The SMILES string of the molecule is O=[N+]([O-])c1c(N2CCC(Cc3ccccc3)CC2)ncnc1N1CCN(CCO)CC1. The molecule has 2 aromatic rings. The van der Waals surface area contributed by atoms with Crippen molar-refractivity contribution in [2.75, 3.05) is 62.2 Å². The monoisotopic (exact) mass is 426 g/mol. The third kappa shape index (κ3) is 5.11. The Balaban J connectivity index is 1.45. The van der Waals surface area contributed by atoms with Gasteiger partial charge < -0.3 is 14.9 Å². The van der Waals surface area contributed by atoms with Gasteiger partial charge in [-0.1, -0.05) is 30.3 Å². The van der Waals surface area contributed by atoms with Crippen molar-refractivity contribution >= 4 is 17.3 Å². The molecule has 2 saturated heterocycles. The number of anilines is 2. The minimum Gasteiger partial charge on any atom is -0.395 e. The van der Waals surface area contributed by atoms with Crippen LogP contribution in [0.4, 0.5) is 17.3 Å². The molecule has 0 radical (unpaired) electrons. The Kier molecular flexibility index (Phi) is 6.93. The second-order valence-corrected chi connectivity index (χ2v) is 8.30. The molecule has 9 heteroatoms. The highest BCUT2D eigenvalue weighted by Crippen LogP contribution is 2.36. The Hall–Kier alpha value is -2.78. The quantitative estimate of drug-likeness (QED) is 0.530. The van der Waals surface area contributed by atoms with E-state index in [0.717, 1.165) is 45.4 Å². The molecule has 9 nitrogen and oxygen atoms in total. The number of aliphatic hydroxyl groups excluding tert-OH is 1. The molecule has 0 bridgehead atoms. The van der Waals surface area contributed by atoms with Gasteiger partial charge >= 0.3 is 5.69 Å². The van der Waals surface area contributed by atoms with Gasteiger partial charge in [-0.05, 0) is 30.7 Å². The number of rotatable bonds is 7. The molecule has 0 spiro atoms. The summed E-state index contributed by atoms with van der Waals surface area (Å²) >= 11 is 0. The van der Waals surface area contributed by atoms with Gasteiger partial charge in [-0.3, -0.25) is 15.0 Å². The van der Waals surface area contributed by atoms with E-state index in [4.69, 9.17) is 5.11 Å². The van der Waals surface area contributed by atoms with E-state index in [0.29, 0.717) is 37.2 Å². The average Bonchev–Trinajstić information content (AvgIpc) is 2.80. The summed E-state index contributed by atoms with van der Waals surface area (Å²) < 4.78 is 0. The third-order valence-electron chi connectivity index (χ3n) is 6.34. The minimum atomic E-state index is -0.333. The zero-order valence-electron chi connectivity index (χ0n) is 17.8. The molecule has 2 aliphatic rings. The highest BCUT2D eigenvalue weighted by Gasteiger charge is 2.33. The van der Waals surface area contributed by atoms with Crippen LogP contribution in [0.25, 0.3) is 0 Å². The number of nitro groups is 1. The number of nitrogens with zero attached hydrogens (tertiary/aromatic N) is 6. The number of hydrogen-bond acceptors (Lipinski definition) is 8. The molecule has 0 aliphatic carbocycles. The Labute approximate surface area is 182 Å². The first-order valence-electron chi connectivity index (χ1n) is 11.0. The van der Waals surface area contributed by atoms with Crippen LogP contribution in [-0.4, -0.2) is 77.3 Å². The number of hydrogen-bond donors (Lipinski definition) is 1. The molecule has 0 amide bonds. The molecule has 1 N–H and O–H groups in total. The standard InChI is InChI=1S/C22H30N6O3/c29-15-14-25-10-12-27(13-11-25)22-20(28(30)31)21(23-17-24-22)26-8-6-19(7-9-26)16-18-4-2-1-3-5-18/h1-5,17,19,29H,6-16H2. The Bertz CT molecular complexity index is 865. The van der Waals surface area contributed by atoms with E-state index in [1.54, 1.807) is 0 Å². The molecule has 2 aliphatic heterocycles. The molecule has 166 valence electrons. The number of piperazine rings is 1. The summed E-state index contributed by atoms with van der Waals surface area (Å²) in [5.41, 5.74) is 1.36. The van der Waals surface area contributed by atoms with Gasteiger partial charge in [0.2, 0.25) is 11.6 Å². The lowest BCUT2D eigenvalue weighted by Crippen LogP contribution is -2.47. The van der Waals surface area contributed by atoms with Gasteiger partial charge in [0, 0.05) is 45.8 Å². The zero-order chi connectivity index (χ0) is 21.6. The molecule has 0 atom stereocenters. The van der Waals surface area contributed by atoms with Crippen LogP contribution in [-0.2, 0) is 6.42 Å². The molecule has 1 aromatic carbocycles. The van der Waals surface area contributed by atoms with E-state index in [1.165, 1.54) is 11.9 Å². The van der Waals surface area contributed by atoms with Crippen molar-refractivity contribution in [1.82, 2.24) is 14.9 Å². The topological polar surface area (TPSA) is 98.9 Å². The molecule has 0 unspecified atom stereocenters. The van der Waals surface area contributed by atoms with Crippen LogP contribution in [0.3, 0.4) is 0 Å². The molecule has 3 heterocycles. The smallest absolute Gasteiger partial charge is 0.353 e. The van der Waals surface area contributed by atoms with Crippen LogP contribution in [0, 0.1) is 16.0 Å². The van der Waals surface area contributed by atoms with Crippen molar-refractivity contribution in [2.45, 2.75) is 19.3 Å². The molecular formula is C22H30N6O3. The third-order valence-corrected chi connectivity index (χ3v) is 6.34. The molecule has 31 heavy (non-hydrogen) atoms. The summed E-state index contributed by atoms with van der Waals surface area (Å²) in [5, 5.41) is 21.2. The first-order valence-corrected chi connectivity index (χ1v) is 11.0. The normalized spacial score (nSPS) is 18.4. The van der Waals surface area contributed by atoms with Crippen molar-refractivity contribution in [1.29, 1.82) is 0 Å². The van der Waals surface area contributed by atoms with Crippen molar-refractivity contribution in [3.8, 4) is 0 Å². The summed E-state index contributed by atoms with van der Waals surface area (Å²) in [7, 11) is 0. The lowest BCUT2D eigenvalue weighted by molar-refractivity contribution is -0.383. The van der Waals surface area contributed by atoms with Crippen molar-refractivity contribution in [3.63, 3.8) is 0 Å².